The van der Waals surface area contributed by atoms with Crippen LogP contribution in [-0.2, 0) is 9.53 Å². The lowest BCUT2D eigenvalue weighted by atomic mass is 10.1. The highest BCUT2D eigenvalue weighted by atomic mass is 32.2. The summed E-state index contributed by atoms with van der Waals surface area (Å²) in [5, 5.41) is 0.164. The number of hydrogen-bond donors (Lipinski definition) is 0. The maximum Gasteiger partial charge on any atom is 0.233 e. The zero-order chi connectivity index (χ0) is 15.4. The van der Waals surface area contributed by atoms with Gasteiger partial charge in [-0.1, -0.05) is 12.1 Å². The highest BCUT2D eigenvalue weighted by Gasteiger charge is 2.32. The van der Waals surface area contributed by atoms with Crippen molar-refractivity contribution in [1.29, 1.82) is 0 Å². The minimum absolute atomic E-state index is 0.164. The molecule has 120 valence electrons. The number of anilines is 1. The standard InChI is InChI=1S/C17H24N2O2S/c1-21-12-4-11-19-16(20)13-22-17(19)14-5-7-15(8-6-14)18-9-2-3-10-18/h5-8,17H,2-4,9-13H2,1H3. The maximum atomic E-state index is 12.1. The quantitative estimate of drug-likeness (QED) is 0.755. The van der Waals surface area contributed by atoms with Crippen molar-refractivity contribution in [1.82, 2.24) is 4.90 Å². The fourth-order valence-electron chi connectivity index (χ4n) is 3.18. The summed E-state index contributed by atoms with van der Waals surface area (Å²) >= 11 is 1.73. The van der Waals surface area contributed by atoms with Gasteiger partial charge < -0.3 is 14.5 Å². The van der Waals surface area contributed by atoms with Gasteiger partial charge in [0.15, 0.2) is 0 Å². The summed E-state index contributed by atoms with van der Waals surface area (Å²) in [6.07, 6.45) is 3.48. The summed E-state index contributed by atoms with van der Waals surface area (Å²) in [6.45, 7) is 3.81. The summed E-state index contributed by atoms with van der Waals surface area (Å²) in [4.78, 5) is 16.5. The molecular formula is C17H24N2O2S. The number of amides is 1. The van der Waals surface area contributed by atoms with Crippen molar-refractivity contribution in [3.05, 3.63) is 29.8 Å². The first-order valence-electron chi connectivity index (χ1n) is 8.04. The van der Waals surface area contributed by atoms with Gasteiger partial charge in [-0.05, 0) is 37.0 Å². The molecule has 2 aliphatic heterocycles. The van der Waals surface area contributed by atoms with Crippen LogP contribution in [0.5, 0.6) is 0 Å². The van der Waals surface area contributed by atoms with E-state index in [0.717, 1.165) is 13.0 Å². The molecule has 22 heavy (non-hydrogen) atoms. The predicted octanol–water partition coefficient (Wildman–Crippen LogP) is 2.90. The number of carbonyl (C=O) groups excluding carboxylic acids is 1. The second-order valence-electron chi connectivity index (χ2n) is 5.88. The third-order valence-electron chi connectivity index (χ3n) is 4.37. The minimum atomic E-state index is 0.164. The average molecular weight is 320 g/mol. The molecular weight excluding hydrogens is 296 g/mol. The van der Waals surface area contributed by atoms with Crippen LogP contribution in [0, 0.1) is 0 Å². The molecule has 0 aliphatic carbocycles. The van der Waals surface area contributed by atoms with Gasteiger partial charge in [-0.25, -0.2) is 0 Å². The fraction of sp³-hybridized carbons (Fsp3) is 0.588. The Bertz CT molecular complexity index is 500. The largest absolute Gasteiger partial charge is 0.385 e. The predicted molar refractivity (Wildman–Crippen MR) is 91.3 cm³/mol. The van der Waals surface area contributed by atoms with Gasteiger partial charge in [0.2, 0.25) is 5.91 Å². The summed E-state index contributed by atoms with van der Waals surface area (Å²) in [5.74, 6) is 0.834. The van der Waals surface area contributed by atoms with Crippen LogP contribution in [-0.4, -0.2) is 49.9 Å². The first-order chi connectivity index (χ1) is 10.8. The Kier molecular flexibility index (Phi) is 5.26. The van der Waals surface area contributed by atoms with Gasteiger partial charge in [0, 0.05) is 39.0 Å². The topological polar surface area (TPSA) is 32.8 Å². The van der Waals surface area contributed by atoms with Crippen LogP contribution in [0.3, 0.4) is 0 Å². The van der Waals surface area contributed by atoms with Crippen LogP contribution in [0.4, 0.5) is 5.69 Å². The van der Waals surface area contributed by atoms with E-state index in [4.69, 9.17) is 4.74 Å². The molecule has 1 aromatic carbocycles. The molecule has 0 saturated carbocycles. The minimum Gasteiger partial charge on any atom is -0.385 e. The number of nitrogens with zero attached hydrogens (tertiary/aromatic N) is 2. The summed E-state index contributed by atoms with van der Waals surface area (Å²) in [6, 6.07) is 8.79. The van der Waals surface area contributed by atoms with Gasteiger partial charge in [0.05, 0.1) is 5.75 Å². The third kappa shape index (κ3) is 3.41. The molecule has 4 nitrogen and oxygen atoms in total. The molecule has 1 unspecified atom stereocenters. The van der Waals surface area contributed by atoms with Gasteiger partial charge >= 0.3 is 0 Å². The second-order valence-corrected chi connectivity index (χ2v) is 6.95. The molecule has 0 radical (unpaired) electrons. The lowest BCUT2D eigenvalue weighted by Crippen LogP contribution is -2.29. The van der Waals surface area contributed by atoms with E-state index in [9.17, 15) is 4.79 Å². The molecule has 0 aromatic heterocycles. The smallest absolute Gasteiger partial charge is 0.233 e. The van der Waals surface area contributed by atoms with Gasteiger partial charge in [0.25, 0.3) is 0 Å². The van der Waals surface area contributed by atoms with E-state index < -0.39 is 0 Å². The van der Waals surface area contributed by atoms with E-state index >= 15 is 0 Å². The Hall–Kier alpha value is -1.20. The molecule has 0 N–H and O–H groups in total. The Labute approximate surface area is 136 Å². The monoisotopic (exact) mass is 320 g/mol. The van der Waals surface area contributed by atoms with Gasteiger partial charge in [-0.2, -0.15) is 0 Å². The average Bonchev–Trinajstić information content (AvgIpc) is 3.19. The molecule has 0 bridgehead atoms. The lowest BCUT2D eigenvalue weighted by molar-refractivity contribution is -0.128. The van der Waals surface area contributed by atoms with Crippen LogP contribution >= 0.6 is 11.8 Å². The Morgan fingerprint density at radius 1 is 1.23 bits per heavy atom. The Balaban J connectivity index is 1.67. The molecule has 5 heteroatoms. The zero-order valence-electron chi connectivity index (χ0n) is 13.2. The van der Waals surface area contributed by atoms with Gasteiger partial charge in [-0.3, -0.25) is 4.79 Å². The number of thioether (sulfide) groups is 1. The van der Waals surface area contributed by atoms with Crippen molar-refractivity contribution in [2.24, 2.45) is 0 Å². The van der Waals surface area contributed by atoms with Gasteiger partial charge in [-0.15, -0.1) is 11.8 Å². The molecule has 3 rings (SSSR count). The molecule has 2 fully saturated rings. The first kappa shape index (κ1) is 15.7. The van der Waals surface area contributed by atoms with Crippen molar-refractivity contribution in [3.63, 3.8) is 0 Å². The highest BCUT2D eigenvalue weighted by Crippen LogP contribution is 2.39. The number of rotatable bonds is 6. The zero-order valence-corrected chi connectivity index (χ0v) is 14.0. The van der Waals surface area contributed by atoms with Gasteiger partial charge in [0.1, 0.15) is 5.37 Å². The van der Waals surface area contributed by atoms with Crippen LogP contribution in [0.2, 0.25) is 0 Å². The van der Waals surface area contributed by atoms with E-state index in [1.807, 2.05) is 4.90 Å². The van der Waals surface area contributed by atoms with E-state index in [0.29, 0.717) is 12.4 Å². The van der Waals surface area contributed by atoms with E-state index in [-0.39, 0.29) is 11.3 Å². The van der Waals surface area contributed by atoms with Crippen molar-refractivity contribution in [3.8, 4) is 0 Å². The molecule has 2 heterocycles. The number of ether oxygens (including phenoxy) is 1. The number of benzene rings is 1. The Morgan fingerprint density at radius 3 is 2.64 bits per heavy atom. The van der Waals surface area contributed by atoms with Crippen LogP contribution in [0.15, 0.2) is 24.3 Å². The summed E-state index contributed by atoms with van der Waals surface area (Å²) in [5.41, 5.74) is 2.54. The van der Waals surface area contributed by atoms with E-state index in [2.05, 4.69) is 29.2 Å². The molecule has 1 amide bonds. The van der Waals surface area contributed by atoms with Crippen molar-refractivity contribution < 1.29 is 9.53 Å². The second kappa shape index (κ2) is 7.38. The van der Waals surface area contributed by atoms with Crippen LogP contribution in [0.25, 0.3) is 0 Å². The van der Waals surface area contributed by atoms with Crippen molar-refractivity contribution >= 4 is 23.4 Å². The highest BCUT2D eigenvalue weighted by molar-refractivity contribution is 8.00. The molecule has 0 spiro atoms. The molecule has 2 saturated heterocycles. The molecule has 1 atom stereocenters. The molecule has 1 aromatic rings. The number of carbonyl (C=O) groups is 1. The van der Waals surface area contributed by atoms with Crippen LogP contribution in [0.1, 0.15) is 30.2 Å². The van der Waals surface area contributed by atoms with Crippen molar-refractivity contribution in [2.45, 2.75) is 24.6 Å². The number of methoxy groups -OCH3 is 1. The normalized spacial score (nSPS) is 21.9. The summed E-state index contributed by atoms with van der Waals surface area (Å²) < 4.78 is 5.10. The maximum absolute atomic E-state index is 12.1. The van der Waals surface area contributed by atoms with Crippen molar-refractivity contribution in [2.75, 3.05) is 44.0 Å². The lowest BCUT2D eigenvalue weighted by Gasteiger charge is -2.25. The summed E-state index contributed by atoms with van der Waals surface area (Å²) in [7, 11) is 1.70. The Morgan fingerprint density at radius 2 is 1.95 bits per heavy atom. The first-order valence-corrected chi connectivity index (χ1v) is 9.09. The van der Waals surface area contributed by atoms with E-state index in [1.54, 1.807) is 18.9 Å². The third-order valence-corrected chi connectivity index (χ3v) is 5.62. The number of hydrogen-bond acceptors (Lipinski definition) is 4. The van der Waals surface area contributed by atoms with E-state index in [1.165, 1.54) is 37.2 Å². The fourth-order valence-corrected chi connectivity index (χ4v) is 4.40. The molecule has 2 aliphatic rings. The SMILES string of the molecule is COCCCN1C(=O)CSC1c1ccc(N2CCCC2)cc1. The van der Waals surface area contributed by atoms with Crippen LogP contribution < -0.4 is 4.90 Å².